The number of primary amides is 1. The van der Waals surface area contributed by atoms with Crippen LogP contribution in [0, 0.1) is 6.92 Å². The van der Waals surface area contributed by atoms with E-state index in [1.54, 1.807) is 6.07 Å². The SMILES string of the molecule is Cc1ccc([Si](C)(C)C)nc1Oc1ccoc1C(N)=O. The lowest BCUT2D eigenvalue weighted by molar-refractivity contribution is 0.0970. The smallest absolute Gasteiger partial charge is 0.288 e. The number of nitrogens with two attached hydrogens (primary N) is 1. The molecule has 0 bridgehead atoms. The summed E-state index contributed by atoms with van der Waals surface area (Å²) in [4.78, 5) is 15.8. The lowest BCUT2D eigenvalue weighted by Gasteiger charge is -2.17. The van der Waals surface area contributed by atoms with Crippen molar-refractivity contribution in [3.05, 3.63) is 35.8 Å². The van der Waals surface area contributed by atoms with E-state index < -0.39 is 14.0 Å². The summed E-state index contributed by atoms with van der Waals surface area (Å²) in [5.41, 5.74) is 6.12. The van der Waals surface area contributed by atoms with Crippen molar-refractivity contribution in [1.29, 1.82) is 0 Å². The van der Waals surface area contributed by atoms with E-state index >= 15 is 0 Å². The first-order valence-electron chi connectivity index (χ1n) is 6.32. The van der Waals surface area contributed by atoms with Gasteiger partial charge in [0.05, 0.1) is 6.26 Å². The lowest BCUT2D eigenvalue weighted by Crippen LogP contribution is -2.40. The highest BCUT2D eigenvalue weighted by atomic mass is 28.3. The van der Waals surface area contributed by atoms with Gasteiger partial charge in [0.1, 0.15) is 8.07 Å². The van der Waals surface area contributed by atoms with Gasteiger partial charge in [-0.3, -0.25) is 4.79 Å². The number of carbonyl (C=O) groups excluding carboxylic acids is 1. The number of nitrogens with zero attached hydrogens (tertiary/aromatic N) is 1. The van der Waals surface area contributed by atoms with Gasteiger partial charge >= 0.3 is 0 Å². The number of aromatic nitrogens is 1. The number of ether oxygens (including phenoxy) is 1. The third-order valence-corrected chi connectivity index (χ3v) is 4.69. The Bertz CT molecular complexity index is 644. The quantitative estimate of drug-likeness (QED) is 0.877. The molecule has 0 fully saturated rings. The Hall–Kier alpha value is -2.08. The van der Waals surface area contributed by atoms with Crippen LogP contribution in [0.25, 0.3) is 0 Å². The van der Waals surface area contributed by atoms with Gasteiger partial charge in [0.15, 0.2) is 5.75 Å². The molecule has 2 aromatic heterocycles. The van der Waals surface area contributed by atoms with Crippen molar-refractivity contribution < 1.29 is 13.9 Å². The van der Waals surface area contributed by atoms with Gasteiger partial charge in [0.2, 0.25) is 11.6 Å². The molecule has 20 heavy (non-hydrogen) atoms. The first-order chi connectivity index (χ1) is 9.29. The summed E-state index contributed by atoms with van der Waals surface area (Å²) in [5.74, 6) is 0.114. The van der Waals surface area contributed by atoms with Gasteiger partial charge in [-0.2, -0.15) is 0 Å². The highest BCUT2D eigenvalue weighted by Crippen LogP contribution is 2.26. The summed E-state index contributed by atoms with van der Waals surface area (Å²) < 4.78 is 10.7. The number of hydrogen-bond acceptors (Lipinski definition) is 4. The molecule has 0 saturated heterocycles. The molecule has 2 aromatic rings. The number of furan rings is 1. The van der Waals surface area contributed by atoms with E-state index in [0.717, 1.165) is 10.9 Å². The summed E-state index contributed by atoms with van der Waals surface area (Å²) in [6.07, 6.45) is 1.37. The Morgan fingerprint density at radius 2 is 2.00 bits per heavy atom. The highest BCUT2D eigenvalue weighted by molar-refractivity contribution is 6.88. The molecule has 0 spiro atoms. The van der Waals surface area contributed by atoms with E-state index in [9.17, 15) is 4.79 Å². The van der Waals surface area contributed by atoms with Crippen molar-refractivity contribution in [2.24, 2.45) is 5.73 Å². The van der Waals surface area contributed by atoms with E-state index in [-0.39, 0.29) is 5.76 Å². The van der Waals surface area contributed by atoms with Crippen molar-refractivity contribution in [2.75, 3.05) is 0 Å². The molecular weight excluding hydrogens is 272 g/mol. The number of hydrogen-bond donors (Lipinski definition) is 1. The van der Waals surface area contributed by atoms with Crippen molar-refractivity contribution in [2.45, 2.75) is 26.6 Å². The van der Waals surface area contributed by atoms with Gasteiger partial charge in [0.25, 0.3) is 5.91 Å². The summed E-state index contributed by atoms with van der Waals surface area (Å²) in [6.45, 7) is 8.53. The van der Waals surface area contributed by atoms with E-state index in [0.29, 0.717) is 11.6 Å². The minimum atomic E-state index is -1.53. The number of pyridine rings is 1. The van der Waals surface area contributed by atoms with Crippen LogP contribution in [0.3, 0.4) is 0 Å². The van der Waals surface area contributed by atoms with E-state index in [1.807, 2.05) is 19.1 Å². The van der Waals surface area contributed by atoms with Crippen LogP contribution in [0.5, 0.6) is 11.6 Å². The lowest BCUT2D eigenvalue weighted by atomic mass is 10.3. The minimum absolute atomic E-state index is 0.00427. The van der Waals surface area contributed by atoms with E-state index in [4.69, 9.17) is 14.9 Å². The van der Waals surface area contributed by atoms with Crippen LogP contribution in [0.1, 0.15) is 16.1 Å². The molecule has 106 valence electrons. The molecule has 0 aliphatic rings. The van der Waals surface area contributed by atoms with Gasteiger partial charge in [-0.1, -0.05) is 25.7 Å². The number of aryl methyl sites for hydroxylation is 1. The molecule has 0 saturated carbocycles. The topological polar surface area (TPSA) is 78.3 Å². The summed E-state index contributed by atoms with van der Waals surface area (Å²) in [5, 5.41) is 1.04. The third-order valence-electron chi connectivity index (χ3n) is 2.88. The second kappa shape index (κ2) is 5.13. The molecule has 0 atom stereocenters. The summed E-state index contributed by atoms with van der Waals surface area (Å²) in [6, 6.07) is 5.56. The molecule has 0 radical (unpaired) electrons. The number of carbonyl (C=O) groups is 1. The van der Waals surface area contributed by atoms with Crippen LogP contribution in [0.15, 0.2) is 28.9 Å². The van der Waals surface area contributed by atoms with Crippen LogP contribution in [-0.2, 0) is 0 Å². The molecule has 6 heteroatoms. The number of amides is 1. The molecular formula is C14H18N2O3Si. The standard InChI is InChI=1S/C14H18N2O3Si/c1-9-5-6-11(20(2,3)4)16-14(9)19-10-7-8-18-12(10)13(15)17/h5-8H,1-4H3,(H2,15,17). The highest BCUT2D eigenvalue weighted by Gasteiger charge is 2.21. The fourth-order valence-electron chi connectivity index (χ4n) is 1.69. The zero-order valence-corrected chi connectivity index (χ0v) is 13.1. The Labute approximate surface area is 118 Å². The fourth-order valence-corrected chi connectivity index (χ4v) is 2.71. The predicted molar refractivity (Wildman–Crippen MR) is 79.3 cm³/mol. The van der Waals surface area contributed by atoms with E-state index in [1.165, 1.54) is 6.26 Å². The van der Waals surface area contributed by atoms with Crippen LogP contribution < -0.4 is 15.8 Å². The van der Waals surface area contributed by atoms with Gasteiger partial charge in [-0.05, 0) is 13.0 Å². The van der Waals surface area contributed by atoms with Gasteiger partial charge in [-0.25, -0.2) is 4.98 Å². The molecule has 0 unspecified atom stereocenters. The zero-order chi connectivity index (χ0) is 14.9. The third kappa shape index (κ3) is 2.90. The minimum Gasteiger partial charge on any atom is -0.455 e. The first kappa shape index (κ1) is 14.3. The fraction of sp³-hybridized carbons (Fsp3) is 0.286. The Morgan fingerprint density at radius 3 is 2.60 bits per heavy atom. The van der Waals surface area contributed by atoms with Crippen molar-refractivity contribution in [3.8, 4) is 11.6 Å². The van der Waals surface area contributed by atoms with Gasteiger partial charge in [0, 0.05) is 16.9 Å². The largest absolute Gasteiger partial charge is 0.455 e. The van der Waals surface area contributed by atoms with Crippen LogP contribution in [0.2, 0.25) is 19.6 Å². The Morgan fingerprint density at radius 1 is 1.30 bits per heavy atom. The summed E-state index contributed by atoms with van der Waals surface area (Å²) >= 11 is 0. The number of rotatable bonds is 4. The molecule has 0 aromatic carbocycles. The Kier molecular flexibility index (Phi) is 3.67. The molecule has 2 N–H and O–H groups in total. The second-order valence-electron chi connectivity index (χ2n) is 5.65. The molecule has 5 nitrogen and oxygen atoms in total. The molecule has 0 aliphatic heterocycles. The van der Waals surface area contributed by atoms with Gasteiger partial charge < -0.3 is 14.9 Å². The second-order valence-corrected chi connectivity index (χ2v) is 10.7. The maximum Gasteiger partial charge on any atom is 0.288 e. The van der Waals surface area contributed by atoms with Crippen molar-refractivity contribution in [1.82, 2.24) is 4.98 Å². The zero-order valence-electron chi connectivity index (χ0n) is 12.1. The van der Waals surface area contributed by atoms with Crippen LogP contribution in [0.4, 0.5) is 0 Å². The summed E-state index contributed by atoms with van der Waals surface area (Å²) in [7, 11) is -1.53. The molecule has 1 amide bonds. The first-order valence-corrected chi connectivity index (χ1v) is 9.82. The van der Waals surface area contributed by atoms with Gasteiger partial charge in [-0.15, -0.1) is 0 Å². The molecule has 2 rings (SSSR count). The molecule has 2 heterocycles. The van der Waals surface area contributed by atoms with E-state index in [2.05, 4.69) is 24.6 Å². The average Bonchev–Trinajstić information content (AvgIpc) is 2.78. The van der Waals surface area contributed by atoms with Crippen molar-refractivity contribution >= 4 is 19.3 Å². The monoisotopic (exact) mass is 290 g/mol. The van der Waals surface area contributed by atoms with Crippen molar-refractivity contribution in [3.63, 3.8) is 0 Å². The van der Waals surface area contributed by atoms with Crippen LogP contribution in [-0.4, -0.2) is 19.0 Å². The maximum atomic E-state index is 11.2. The van der Waals surface area contributed by atoms with Crippen LogP contribution >= 0.6 is 0 Å². The predicted octanol–water partition coefficient (Wildman–Crippen LogP) is 2.42. The maximum absolute atomic E-state index is 11.2. The normalized spacial score (nSPS) is 11.4. The molecule has 0 aliphatic carbocycles. The average molecular weight is 290 g/mol. The Balaban J connectivity index is 2.38.